The Hall–Kier alpha value is -0.880. The monoisotopic (exact) mass is 231 g/mol. The lowest BCUT2D eigenvalue weighted by Gasteiger charge is -1.99. The van der Waals surface area contributed by atoms with Gasteiger partial charge in [0.1, 0.15) is 4.88 Å². The predicted molar refractivity (Wildman–Crippen MR) is 56.1 cm³/mol. The first-order valence-electron chi connectivity index (χ1n) is 3.91. The summed E-state index contributed by atoms with van der Waals surface area (Å²) in [5.74, 6) is -1.10. The second kappa shape index (κ2) is 4.56. The second-order valence-electron chi connectivity index (χ2n) is 2.84. The van der Waals surface area contributed by atoms with Crippen LogP contribution in [-0.2, 0) is 0 Å². The smallest absolute Gasteiger partial charge is 0.355 e. The van der Waals surface area contributed by atoms with E-state index < -0.39 is 5.97 Å². The second-order valence-corrected chi connectivity index (χ2v) is 5.19. The predicted octanol–water partition coefficient (Wildman–Crippen LogP) is 2.12. The lowest BCUT2D eigenvalue weighted by atomic mass is 10.4. The van der Waals surface area contributed by atoms with Crippen LogP contribution in [0, 0.1) is 0 Å². The number of carboxylic acids is 1. The molecular formula is C8H9NO3S2. The molecule has 6 heteroatoms. The Bertz CT molecular complexity index is 359. The molecule has 76 valence electrons. The van der Waals surface area contributed by atoms with Crippen molar-refractivity contribution in [1.29, 1.82) is 0 Å². The quantitative estimate of drug-likeness (QED) is 0.863. The molecule has 0 aliphatic heterocycles. The van der Waals surface area contributed by atoms with Gasteiger partial charge in [-0.25, -0.2) is 4.79 Å². The van der Waals surface area contributed by atoms with E-state index in [0.717, 1.165) is 11.5 Å². The van der Waals surface area contributed by atoms with E-state index in [1.54, 1.807) is 0 Å². The van der Waals surface area contributed by atoms with Crippen LogP contribution >= 0.6 is 23.3 Å². The Labute approximate surface area is 89.5 Å². The van der Waals surface area contributed by atoms with Crippen molar-refractivity contribution < 1.29 is 14.7 Å². The van der Waals surface area contributed by atoms with Crippen molar-refractivity contribution in [1.82, 2.24) is 4.37 Å². The molecule has 0 aliphatic carbocycles. The fraction of sp³-hybridized carbons (Fsp3) is 0.375. The number of carbonyl (C=O) groups excluding carboxylic acids is 1. The third kappa shape index (κ3) is 2.81. The van der Waals surface area contributed by atoms with Gasteiger partial charge in [0.05, 0.1) is 0 Å². The van der Waals surface area contributed by atoms with Gasteiger partial charge in [0.15, 0.2) is 5.69 Å². The first-order chi connectivity index (χ1) is 6.50. The molecule has 0 aliphatic rings. The van der Waals surface area contributed by atoms with Crippen LogP contribution in [0.3, 0.4) is 0 Å². The zero-order chi connectivity index (χ0) is 10.7. The highest BCUT2D eigenvalue weighted by Crippen LogP contribution is 2.20. The lowest BCUT2D eigenvalue weighted by molar-refractivity contribution is 0.0692. The molecule has 0 unspecified atom stereocenters. The number of nitrogens with zero attached hydrogens (tertiary/aromatic N) is 1. The zero-order valence-electron chi connectivity index (χ0n) is 7.68. The van der Waals surface area contributed by atoms with Crippen molar-refractivity contribution in [2.75, 3.05) is 0 Å². The fourth-order valence-electron chi connectivity index (χ4n) is 0.744. The summed E-state index contributed by atoms with van der Waals surface area (Å²) in [6.45, 7) is 3.81. The molecule has 1 aromatic rings. The zero-order valence-corrected chi connectivity index (χ0v) is 9.32. The summed E-state index contributed by atoms with van der Waals surface area (Å²) >= 11 is 2.10. The Kier molecular flexibility index (Phi) is 3.65. The van der Waals surface area contributed by atoms with E-state index in [0.29, 0.717) is 4.88 Å². The van der Waals surface area contributed by atoms with E-state index in [1.807, 2.05) is 13.8 Å². The highest BCUT2D eigenvalue weighted by molar-refractivity contribution is 8.14. The number of carbonyl (C=O) groups is 2. The molecule has 0 saturated carbocycles. The largest absolute Gasteiger partial charge is 0.476 e. The Morgan fingerprint density at radius 2 is 2.21 bits per heavy atom. The molecule has 1 rings (SSSR count). The van der Waals surface area contributed by atoms with Gasteiger partial charge in [-0.15, -0.1) is 0 Å². The first kappa shape index (κ1) is 11.2. The maximum Gasteiger partial charge on any atom is 0.355 e. The topological polar surface area (TPSA) is 67.3 Å². The number of hydrogen-bond donors (Lipinski definition) is 1. The van der Waals surface area contributed by atoms with Crippen molar-refractivity contribution in [2.45, 2.75) is 19.1 Å². The number of rotatable bonds is 3. The molecule has 1 N–H and O–H groups in total. The van der Waals surface area contributed by atoms with Crippen molar-refractivity contribution >= 4 is 34.4 Å². The number of aromatic carboxylic acids is 1. The Morgan fingerprint density at radius 3 is 2.64 bits per heavy atom. The number of aromatic nitrogens is 1. The van der Waals surface area contributed by atoms with Crippen LogP contribution in [0.4, 0.5) is 0 Å². The van der Waals surface area contributed by atoms with Gasteiger partial charge in [0.2, 0.25) is 5.12 Å². The lowest BCUT2D eigenvalue weighted by Crippen LogP contribution is -1.97. The summed E-state index contributed by atoms with van der Waals surface area (Å²) in [4.78, 5) is 22.3. The average molecular weight is 231 g/mol. The van der Waals surface area contributed by atoms with Crippen LogP contribution in [0.15, 0.2) is 6.07 Å². The molecule has 1 aromatic heterocycles. The average Bonchev–Trinajstić information content (AvgIpc) is 2.50. The van der Waals surface area contributed by atoms with Crippen molar-refractivity contribution in [2.24, 2.45) is 0 Å². The van der Waals surface area contributed by atoms with Gasteiger partial charge in [0, 0.05) is 5.25 Å². The number of carboxylic acid groups (broad SMARTS) is 1. The molecule has 4 nitrogen and oxygen atoms in total. The third-order valence-corrected chi connectivity index (χ3v) is 3.10. The van der Waals surface area contributed by atoms with Gasteiger partial charge < -0.3 is 5.11 Å². The molecular weight excluding hydrogens is 222 g/mol. The van der Waals surface area contributed by atoms with Crippen LogP contribution < -0.4 is 0 Å². The van der Waals surface area contributed by atoms with Gasteiger partial charge in [-0.05, 0) is 17.6 Å². The summed E-state index contributed by atoms with van der Waals surface area (Å²) in [6, 6.07) is 1.31. The van der Waals surface area contributed by atoms with Crippen LogP contribution in [-0.4, -0.2) is 25.8 Å². The van der Waals surface area contributed by atoms with Crippen LogP contribution in [0.1, 0.15) is 34.0 Å². The number of hydrogen-bond acceptors (Lipinski definition) is 5. The minimum absolute atomic E-state index is 0.0669. The fourth-order valence-corrected chi connectivity index (χ4v) is 2.17. The van der Waals surface area contributed by atoms with Gasteiger partial charge in [-0.2, -0.15) is 4.37 Å². The molecule has 0 radical (unpaired) electrons. The van der Waals surface area contributed by atoms with Crippen LogP contribution in [0.25, 0.3) is 0 Å². The molecule has 0 spiro atoms. The van der Waals surface area contributed by atoms with Crippen molar-refractivity contribution in [3.8, 4) is 0 Å². The minimum Gasteiger partial charge on any atom is -0.476 e. The van der Waals surface area contributed by atoms with Gasteiger partial charge in [-0.3, -0.25) is 4.79 Å². The highest BCUT2D eigenvalue weighted by Gasteiger charge is 2.15. The molecule has 0 atom stereocenters. The Balaban J connectivity index is 2.76. The summed E-state index contributed by atoms with van der Waals surface area (Å²) in [5.41, 5.74) is -0.0669. The maximum absolute atomic E-state index is 11.4. The molecule has 0 fully saturated rings. The molecule has 0 saturated heterocycles. The molecule has 0 bridgehead atoms. The van der Waals surface area contributed by atoms with Crippen LogP contribution in [0.5, 0.6) is 0 Å². The van der Waals surface area contributed by atoms with Gasteiger partial charge in [-0.1, -0.05) is 25.6 Å². The Morgan fingerprint density at radius 1 is 1.57 bits per heavy atom. The van der Waals surface area contributed by atoms with Crippen molar-refractivity contribution in [3.05, 3.63) is 16.6 Å². The van der Waals surface area contributed by atoms with E-state index in [4.69, 9.17) is 5.11 Å². The standard InChI is InChI=1S/C8H9NO3S2/c1-4(2)13-8(12)6-3-5(7(10)11)9-14-6/h3-4H,1-2H3,(H,10,11). The number of thioether (sulfide) groups is 1. The van der Waals surface area contributed by atoms with E-state index in [1.165, 1.54) is 17.8 Å². The van der Waals surface area contributed by atoms with Gasteiger partial charge in [0.25, 0.3) is 0 Å². The van der Waals surface area contributed by atoms with E-state index in [9.17, 15) is 9.59 Å². The van der Waals surface area contributed by atoms with Gasteiger partial charge >= 0.3 is 5.97 Å². The van der Waals surface area contributed by atoms with E-state index >= 15 is 0 Å². The summed E-state index contributed by atoms with van der Waals surface area (Å²) < 4.78 is 3.65. The first-order valence-corrected chi connectivity index (χ1v) is 5.57. The normalized spacial score (nSPS) is 10.5. The molecule has 1 heterocycles. The third-order valence-electron chi connectivity index (χ3n) is 1.27. The maximum atomic E-state index is 11.4. The molecule has 0 aromatic carbocycles. The highest BCUT2D eigenvalue weighted by atomic mass is 32.2. The molecule has 0 amide bonds. The van der Waals surface area contributed by atoms with E-state index in [-0.39, 0.29) is 16.1 Å². The summed E-state index contributed by atoms with van der Waals surface area (Å²) in [5, 5.41) is 8.66. The van der Waals surface area contributed by atoms with Crippen LogP contribution in [0.2, 0.25) is 0 Å². The van der Waals surface area contributed by atoms with Crippen molar-refractivity contribution in [3.63, 3.8) is 0 Å². The minimum atomic E-state index is -1.10. The summed E-state index contributed by atoms with van der Waals surface area (Å²) in [6.07, 6.45) is 0. The molecule has 14 heavy (non-hydrogen) atoms. The summed E-state index contributed by atoms with van der Waals surface area (Å²) in [7, 11) is 0. The van der Waals surface area contributed by atoms with E-state index in [2.05, 4.69) is 4.37 Å². The SMILES string of the molecule is CC(C)SC(=O)c1cc(C(=O)O)ns1.